The molecule has 11 rings (SSSR count). The zero-order valence-corrected chi connectivity index (χ0v) is 61.3. The van der Waals surface area contributed by atoms with E-state index in [0.717, 1.165) is 16.0 Å². The fraction of sp³-hybridized carbons (Fsp3) is 0.437. The van der Waals surface area contributed by atoms with Crippen LogP contribution in [0.2, 0.25) is 0 Å². The van der Waals surface area contributed by atoms with Crippen LogP contribution in [-0.4, -0.2) is 235 Å². The summed E-state index contributed by atoms with van der Waals surface area (Å²) in [7, 11) is 6.76. The average Bonchev–Trinajstić information content (AvgIpc) is 1.57. The minimum absolute atomic E-state index is 0.00268. The number of nitrogens with zero attached hydrogens (tertiary/aromatic N) is 6. The van der Waals surface area contributed by atoms with E-state index in [4.69, 9.17) is 38.9 Å². The molecule has 1 aliphatic carbocycles. The zero-order chi connectivity index (χ0) is 75.9. The number of ether oxygens (including phenoxy) is 7. The molecule has 0 saturated carbocycles. The third-order valence-electron chi connectivity index (χ3n) is 19.4. The quantitative estimate of drug-likeness (QED) is 0.0101. The molecule has 0 bridgehead atoms. The summed E-state index contributed by atoms with van der Waals surface area (Å²) >= 11 is 0. The number of aromatic hydroxyl groups is 2. The predicted molar refractivity (Wildman–Crippen MR) is 390 cm³/mol. The van der Waals surface area contributed by atoms with Crippen LogP contribution >= 0.6 is 21.6 Å². The molecule has 0 spiro atoms. The zero-order valence-electron chi connectivity index (χ0n) is 59.7. The Morgan fingerprint density at radius 1 is 0.783 bits per heavy atom. The van der Waals surface area contributed by atoms with Crippen molar-refractivity contribution in [3.63, 3.8) is 0 Å². The normalized spacial score (nSPS) is 16.3. The number of hydrogen-bond acceptors (Lipinski definition) is 22. The van der Waals surface area contributed by atoms with E-state index in [2.05, 4.69) is 30.9 Å². The number of likely N-dealkylation sites (N-methyl/N-ethyl adjacent to an activating group) is 1. The number of amides is 11. The number of phenolic OH excluding ortho intramolecular Hbond substituents is 2. The van der Waals surface area contributed by atoms with Crippen molar-refractivity contribution < 1.29 is 96.4 Å². The van der Waals surface area contributed by atoms with E-state index in [0.29, 0.717) is 73.3 Å². The SMILES string of the molecule is COc1c(O)c2c(c3cc(C(=O)N4CCc5c4c(O)c(OC)c4[nH]c(C(=O)N6CCC7C6=CC(OC(=O)N(CCOCCO)CCN(C)C(=O)OCc6ccc(NC(=O)CNC(=O)[C@@H](NC(=O)OCCOCCN8C(=O)C=C(SSC)C8=O)C(C)C(C)C)cc6)c6[nH]cc(C)c67)cc54)[nH]c13)CCN2C(N)=O. The maximum Gasteiger partial charge on any atom is 0.410 e. The summed E-state index contributed by atoms with van der Waals surface area (Å²) in [6.07, 6.45) is 4.41. The number of aromatic amines is 3. The first kappa shape index (κ1) is 76.5. The van der Waals surface area contributed by atoms with Crippen LogP contribution in [0.3, 0.4) is 0 Å². The summed E-state index contributed by atoms with van der Waals surface area (Å²) in [5.41, 5.74) is 12.0. The number of nitrogens with one attached hydrogen (secondary N) is 6. The van der Waals surface area contributed by atoms with Gasteiger partial charge < -0.3 is 105 Å². The summed E-state index contributed by atoms with van der Waals surface area (Å²) in [6, 6.07) is 7.90. The molecule has 11 amide bonds. The number of benzene rings is 3. The number of allylic oxidation sites excluding steroid dienone is 1. The topological polar surface area (TPSA) is 425 Å². The fourth-order valence-electron chi connectivity index (χ4n) is 13.8. The highest BCUT2D eigenvalue weighted by atomic mass is 33.1. The summed E-state index contributed by atoms with van der Waals surface area (Å²) in [4.78, 5) is 152. The van der Waals surface area contributed by atoms with E-state index in [1.165, 1.54) is 68.5 Å². The fourth-order valence-corrected chi connectivity index (χ4v) is 15.2. The second kappa shape index (κ2) is 33.2. The third-order valence-corrected chi connectivity index (χ3v) is 21.1. The van der Waals surface area contributed by atoms with Gasteiger partial charge in [-0.2, -0.15) is 0 Å². The van der Waals surface area contributed by atoms with Gasteiger partial charge in [0.05, 0.1) is 93.4 Å². The van der Waals surface area contributed by atoms with E-state index in [1.807, 2.05) is 27.0 Å². The third kappa shape index (κ3) is 15.8. The van der Waals surface area contributed by atoms with Crippen LogP contribution < -0.4 is 41.0 Å². The first-order chi connectivity index (χ1) is 50.9. The Balaban J connectivity index is 0.681. The number of aliphatic hydroxyl groups excluding tert-OH is 1. The second-order valence-electron chi connectivity index (χ2n) is 26.1. The number of aryl methyl sites for hydroxylation is 1. The Morgan fingerprint density at radius 3 is 2.06 bits per heavy atom. The number of imide groups is 1. The molecule has 33 nitrogen and oxygen atoms in total. The molecule has 3 aromatic heterocycles. The van der Waals surface area contributed by atoms with Crippen LogP contribution in [0, 0.1) is 18.8 Å². The predicted octanol–water partition coefficient (Wildman–Crippen LogP) is 6.36. The highest BCUT2D eigenvalue weighted by Gasteiger charge is 2.44. The number of primary amides is 1. The van der Waals surface area contributed by atoms with Gasteiger partial charge >= 0.3 is 24.3 Å². The van der Waals surface area contributed by atoms with Gasteiger partial charge in [-0.3, -0.25) is 38.6 Å². The molecule has 35 heteroatoms. The summed E-state index contributed by atoms with van der Waals surface area (Å²) < 4.78 is 39.5. The molecule has 1 saturated heterocycles. The number of alkyl carbamates (subject to hydrolysis) is 1. The first-order valence-corrected chi connectivity index (χ1v) is 36.9. The largest absolute Gasteiger partial charge is 0.503 e. The van der Waals surface area contributed by atoms with Gasteiger partial charge in [-0.15, -0.1) is 0 Å². The van der Waals surface area contributed by atoms with Crippen LogP contribution in [0.25, 0.3) is 21.8 Å². The molecule has 1 fully saturated rings. The van der Waals surface area contributed by atoms with Crippen LogP contribution in [0.5, 0.6) is 23.0 Å². The van der Waals surface area contributed by atoms with E-state index in [1.54, 1.807) is 60.6 Å². The Morgan fingerprint density at radius 2 is 1.42 bits per heavy atom. The average molecular weight is 1500 g/mol. The lowest BCUT2D eigenvalue weighted by Gasteiger charge is -2.31. The summed E-state index contributed by atoms with van der Waals surface area (Å²) in [5, 5.41) is 41.6. The number of urea groups is 1. The summed E-state index contributed by atoms with van der Waals surface area (Å²) in [5.74, 6) is -4.28. The van der Waals surface area contributed by atoms with Gasteiger partial charge in [-0.25, -0.2) is 19.2 Å². The van der Waals surface area contributed by atoms with Gasteiger partial charge in [0.2, 0.25) is 11.8 Å². The number of likely N-dealkylation sites (tertiary alicyclic amines) is 1. The lowest BCUT2D eigenvalue weighted by Crippen LogP contribution is -2.52. The van der Waals surface area contributed by atoms with Crippen molar-refractivity contribution in [2.75, 3.05) is 135 Å². The molecule has 3 unspecified atom stereocenters. The number of H-pyrrole nitrogens is 3. The molecular weight excluding hydrogens is 1420 g/mol. The Kier molecular flexibility index (Phi) is 24.0. The number of nitrogens with two attached hydrogens (primary N) is 1. The molecule has 0 radical (unpaired) electrons. The molecule has 566 valence electrons. The number of carbonyl (C=O) groups excluding carboxylic acids is 10. The lowest BCUT2D eigenvalue weighted by molar-refractivity contribution is -0.137. The van der Waals surface area contributed by atoms with Crippen molar-refractivity contribution in [3.05, 3.63) is 110 Å². The van der Waals surface area contributed by atoms with E-state index < -0.39 is 78.4 Å². The van der Waals surface area contributed by atoms with Gasteiger partial charge in [0.1, 0.15) is 30.6 Å². The minimum Gasteiger partial charge on any atom is -0.503 e. The van der Waals surface area contributed by atoms with E-state index >= 15 is 0 Å². The molecule has 106 heavy (non-hydrogen) atoms. The van der Waals surface area contributed by atoms with Crippen LogP contribution in [0.4, 0.5) is 36.2 Å². The number of anilines is 3. The number of carbonyl (C=O) groups is 10. The molecule has 11 N–H and O–H groups in total. The molecule has 4 aliphatic heterocycles. The lowest BCUT2D eigenvalue weighted by atomic mass is 9.86. The van der Waals surface area contributed by atoms with Crippen molar-refractivity contribution in [1.29, 1.82) is 0 Å². The molecule has 3 aromatic carbocycles. The van der Waals surface area contributed by atoms with Gasteiger partial charge in [0.25, 0.3) is 23.6 Å². The maximum atomic E-state index is 15.0. The number of hydrogen-bond donors (Lipinski definition) is 10. The minimum atomic E-state index is -1.07. The maximum absolute atomic E-state index is 15.0. The van der Waals surface area contributed by atoms with Crippen molar-refractivity contribution in [2.45, 2.75) is 71.6 Å². The highest BCUT2D eigenvalue weighted by Crippen LogP contribution is 2.53. The van der Waals surface area contributed by atoms with Crippen molar-refractivity contribution in [1.82, 2.24) is 45.2 Å². The summed E-state index contributed by atoms with van der Waals surface area (Å²) in [6.45, 7) is 7.01. The Labute approximate surface area is 616 Å². The smallest absolute Gasteiger partial charge is 0.410 e. The van der Waals surface area contributed by atoms with Crippen molar-refractivity contribution >= 4 is 120 Å². The van der Waals surface area contributed by atoms with Gasteiger partial charge in [-0.1, -0.05) is 54.5 Å². The molecule has 6 aromatic rings. The standard InChI is InChI=1S/C71H85N13O20S2/c1-36(2)38(4)54(78-69(95)102-28-27-101-25-22-82-52(87)32-50(67(82)93)106-105-8)64(90)74-34-51(86)75-40-11-9-39(10-12-40)35-103-70(96)79(5)19-20-80(21-24-100-26-23-85)71(97)104-49-31-48-43(53-37(3)33-73-57(49)53)15-16-81(48)65(91)46-29-44-41-13-17-83(58(41)60(88)62(98-6)55(44)76-46)66(92)47-30-45-42-14-18-84(68(72)94)59(42)61(89)63(99-7)56(45)77-47/h9-12,29-33,36,38,43,49,54,73,76-77,85,88-89H,13-28,34-35H2,1-8H3,(H2,72,94)(H,74,90)(H,75,86)(H,78,95)/t38?,43?,49?,54-/m0/s1. The number of fused-ring (bicyclic) bond motifs is 9. The van der Waals surface area contributed by atoms with Crippen molar-refractivity contribution in [3.8, 4) is 23.0 Å². The molecule has 7 heterocycles. The van der Waals surface area contributed by atoms with Gasteiger partial charge in [0.15, 0.2) is 29.1 Å². The van der Waals surface area contributed by atoms with Crippen molar-refractivity contribution in [2.24, 2.45) is 17.6 Å². The van der Waals surface area contributed by atoms with Gasteiger partial charge in [0, 0.05) is 86.7 Å². The Bertz CT molecular complexity index is 4490. The van der Waals surface area contributed by atoms with Crippen LogP contribution in [0.1, 0.15) is 93.7 Å². The molecular formula is C71H85N13O20S2. The number of aromatic nitrogens is 3. The van der Waals surface area contributed by atoms with E-state index in [-0.39, 0.29) is 162 Å². The van der Waals surface area contributed by atoms with Crippen LogP contribution in [-0.2, 0) is 62.3 Å². The number of methoxy groups -OCH3 is 2. The number of aliphatic hydroxyl groups is 1. The molecule has 5 aliphatic rings. The molecule has 4 atom stereocenters. The Hall–Kier alpha value is -10.6. The van der Waals surface area contributed by atoms with Crippen LogP contribution in [0.15, 0.2) is 65.3 Å². The number of rotatable bonds is 30. The first-order valence-electron chi connectivity index (χ1n) is 34.3. The monoisotopic (exact) mass is 1500 g/mol. The second-order valence-corrected chi connectivity index (χ2v) is 28.5. The van der Waals surface area contributed by atoms with E-state index in [9.17, 15) is 63.3 Å². The highest BCUT2D eigenvalue weighted by molar-refractivity contribution is 8.78. The van der Waals surface area contributed by atoms with Gasteiger partial charge in [-0.05, 0) is 102 Å². The number of phenols is 2.